The van der Waals surface area contributed by atoms with E-state index in [4.69, 9.17) is 16.3 Å². The zero-order chi connectivity index (χ0) is 14.1. The average Bonchev–Trinajstić information content (AvgIpc) is 2.76. The monoisotopic (exact) mass is 399 g/mol. The number of hydrogen-bond acceptors (Lipinski definition) is 3. The van der Waals surface area contributed by atoms with Crippen molar-refractivity contribution in [2.75, 3.05) is 7.11 Å². The number of halogens is 2. The van der Waals surface area contributed by atoms with E-state index in [0.717, 1.165) is 25.9 Å². The molecule has 6 heteroatoms. The highest BCUT2D eigenvalue weighted by atomic mass is 127. The fourth-order valence-electron chi connectivity index (χ4n) is 2.03. The lowest BCUT2D eigenvalue weighted by Gasteiger charge is -2.05. The van der Waals surface area contributed by atoms with Gasteiger partial charge in [-0.1, -0.05) is 23.7 Å². The van der Waals surface area contributed by atoms with Crippen LogP contribution in [0.4, 0.5) is 0 Å². The Morgan fingerprint density at radius 2 is 2.05 bits per heavy atom. The second kappa shape index (κ2) is 5.57. The van der Waals surface area contributed by atoms with E-state index in [1.54, 1.807) is 13.3 Å². The Balaban J connectivity index is 1.97. The van der Waals surface area contributed by atoms with Crippen molar-refractivity contribution in [2.45, 2.75) is 6.54 Å². The predicted molar refractivity (Wildman–Crippen MR) is 87.4 cm³/mol. The normalized spacial score (nSPS) is 10.9. The molecule has 4 nitrogen and oxygen atoms in total. The first-order chi connectivity index (χ1) is 9.67. The largest absolute Gasteiger partial charge is 0.497 e. The van der Waals surface area contributed by atoms with Crippen molar-refractivity contribution >= 4 is 45.1 Å². The van der Waals surface area contributed by atoms with E-state index in [0.29, 0.717) is 11.7 Å². The molecule has 0 aliphatic carbocycles. The highest BCUT2D eigenvalue weighted by Crippen LogP contribution is 2.23. The van der Waals surface area contributed by atoms with Crippen LogP contribution in [-0.2, 0) is 6.54 Å². The smallest absolute Gasteiger partial charge is 0.131 e. The summed E-state index contributed by atoms with van der Waals surface area (Å²) in [6.07, 6.45) is 1.76. The number of ether oxygens (including phenoxy) is 1. The molecule has 3 aromatic rings. The molecule has 0 unspecified atom stereocenters. The number of hydrogen-bond donors (Lipinski definition) is 0. The maximum atomic E-state index is 5.93. The highest BCUT2D eigenvalue weighted by molar-refractivity contribution is 14.1. The van der Waals surface area contributed by atoms with Gasteiger partial charge in [0.05, 0.1) is 25.4 Å². The minimum Gasteiger partial charge on any atom is -0.497 e. The molecule has 0 amide bonds. The summed E-state index contributed by atoms with van der Waals surface area (Å²) in [5.74, 6) is 0.849. The molecule has 20 heavy (non-hydrogen) atoms. The van der Waals surface area contributed by atoms with Crippen molar-refractivity contribution in [3.8, 4) is 5.75 Å². The van der Waals surface area contributed by atoms with Gasteiger partial charge in [0.15, 0.2) is 0 Å². The molecule has 0 saturated carbocycles. The van der Waals surface area contributed by atoms with Crippen LogP contribution in [0.2, 0.25) is 5.15 Å². The predicted octanol–water partition coefficient (Wildman–Crippen LogP) is 3.75. The summed E-state index contributed by atoms with van der Waals surface area (Å²) in [4.78, 5) is 4.13. The Kier molecular flexibility index (Phi) is 3.80. The Hall–Kier alpha value is -1.34. The SMILES string of the molecule is COc1ccc(Cn2nc(I)c3cc(Cl)ncc32)cc1. The van der Waals surface area contributed by atoms with Crippen LogP contribution in [0.25, 0.3) is 10.9 Å². The number of pyridine rings is 1. The Bertz CT molecular complexity index is 755. The summed E-state index contributed by atoms with van der Waals surface area (Å²) >= 11 is 8.14. The van der Waals surface area contributed by atoms with E-state index < -0.39 is 0 Å². The van der Waals surface area contributed by atoms with Gasteiger partial charge < -0.3 is 4.74 Å². The zero-order valence-corrected chi connectivity index (χ0v) is 13.6. The molecule has 0 atom stereocenters. The molecule has 0 aliphatic rings. The molecule has 1 aromatic carbocycles. The first kappa shape index (κ1) is 13.6. The summed E-state index contributed by atoms with van der Waals surface area (Å²) in [5.41, 5.74) is 2.14. The van der Waals surface area contributed by atoms with Gasteiger partial charge >= 0.3 is 0 Å². The van der Waals surface area contributed by atoms with Crippen LogP contribution in [0, 0.1) is 3.70 Å². The molecule has 0 bridgehead atoms. The van der Waals surface area contributed by atoms with E-state index in [-0.39, 0.29) is 0 Å². The number of fused-ring (bicyclic) bond motifs is 1. The van der Waals surface area contributed by atoms with Gasteiger partial charge in [-0.15, -0.1) is 0 Å². The lowest BCUT2D eigenvalue weighted by Crippen LogP contribution is -2.02. The second-order valence-corrected chi connectivity index (χ2v) is 5.73. The van der Waals surface area contributed by atoms with Gasteiger partial charge in [0.25, 0.3) is 0 Å². The van der Waals surface area contributed by atoms with Gasteiger partial charge in [-0.25, -0.2) is 4.98 Å². The molecule has 0 saturated heterocycles. The van der Waals surface area contributed by atoms with E-state index in [2.05, 4.69) is 32.7 Å². The highest BCUT2D eigenvalue weighted by Gasteiger charge is 2.10. The van der Waals surface area contributed by atoms with Crippen molar-refractivity contribution in [2.24, 2.45) is 0 Å². The number of benzene rings is 1. The van der Waals surface area contributed by atoms with Crippen molar-refractivity contribution in [1.82, 2.24) is 14.8 Å². The number of rotatable bonds is 3. The Morgan fingerprint density at radius 1 is 1.30 bits per heavy atom. The summed E-state index contributed by atoms with van der Waals surface area (Å²) in [7, 11) is 1.66. The summed E-state index contributed by atoms with van der Waals surface area (Å²) in [5, 5.41) is 6.05. The summed E-state index contributed by atoms with van der Waals surface area (Å²) in [6.45, 7) is 0.687. The molecule has 0 radical (unpaired) electrons. The standard InChI is InChI=1S/C14H11ClIN3O/c1-20-10-4-2-9(3-5-10)8-19-12-7-17-13(15)6-11(12)14(16)18-19/h2-7H,8H2,1H3. The fraction of sp³-hybridized carbons (Fsp3) is 0.143. The number of nitrogens with zero attached hydrogens (tertiary/aromatic N) is 3. The molecule has 2 heterocycles. The van der Waals surface area contributed by atoms with Crippen LogP contribution in [0.1, 0.15) is 5.56 Å². The molecule has 0 aliphatic heterocycles. The molecular formula is C14H11ClIN3O. The first-order valence-corrected chi connectivity index (χ1v) is 7.43. The summed E-state index contributed by atoms with van der Waals surface area (Å²) in [6, 6.07) is 9.80. The maximum absolute atomic E-state index is 5.93. The van der Waals surface area contributed by atoms with E-state index >= 15 is 0 Å². The van der Waals surface area contributed by atoms with Crippen LogP contribution >= 0.6 is 34.2 Å². The second-order valence-electron chi connectivity index (χ2n) is 4.32. The molecule has 102 valence electrons. The van der Waals surface area contributed by atoms with Crippen molar-refractivity contribution < 1.29 is 4.74 Å². The van der Waals surface area contributed by atoms with E-state index in [1.807, 2.05) is 35.0 Å². The molecule has 0 spiro atoms. The molecule has 0 fully saturated rings. The molecule has 0 N–H and O–H groups in total. The minimum absolute atomic E-state index is 0.486. The van der Waals surface area contributed by atoms with Crippen LogP contribution < -0.4 is 4.74 Å². The molecular weight excluding hydrogens is 389 g/mol. The van der Waals surface area contributed by atoms with Gasteiger partial charge in [0, 0.05) is 5.39 Å². The van der Waals surface area contributed by atoms with Crippen LogP contribution in [0.3, 0.4) is 0 Å². The van der Waals surface area contributed by atoms with Gasteiger partial charge in [0.2, 0.25) is 0 Å². The number of aromatic nitrogens is 3. The lowest BCUT2D eigenvalue weighted by atomic mass is 10.2. The van der Waals surface area contributed by atoms with Gasteiger partial charge in [0.1, 0.15) is 14.6 Å². The quantitative estimate of drug-likeness (QED) is 0.497. The van der Waals surface area contributed by atoms with E-state index in [9.17, 15) is 0 Å². The van der Waals surface area contributed by atoms with Crippen LogP contribution in [0.15, 0.2) is 36.5 Å². The van der Waals surface area contributed by atoms with Gasteiger partial charge in [-0.05, 0) is 46.4 Å². The summed E-state index contributed by atoms with van der Waals surface area (Å²) < 4.78 is 8.02. The minimum atomic E-state index is 0.486. The lowest BCUT2D eigenvalue weighted by molar-refractivity contribution is 0.414. The fourth-order valence-corrected chi connectivity index (χ4v) is 2.88. The van der Waals surface area contributed by atoms with Crippen molar-refractivity contribution in [1.29, 1.82) is 0 Å². The maximum Gasteiger partial charge on any atom is 0.131 e. The third-order valence-electron chi connectivity index (χ3n) is 3.05. The van der Waals surface area contributed by atoms with Crippen molar-refractivity contribution in [3.63, 3.8) is 0 Å². The Morgan fingerprint density at radius 3 is 2.75 bits per heavy atom. The van der Waals surface area contributed by atoms with Crippen LogP contribution in [-0.4, -0.2) is 21.9 Å². The Labute approximate surface area is 134 Å². The molecule has 2 aromatic heterocycles. The van der Waals surface area contributed by atoms with Crippen molar-refractivity contribution in [3.05, 3.63) is 50.9 Å². The average molecular weight is 400 g/mol. The van der Waals surface area contributed by atoms with Gasteiger partial charge in [-0.3, -0.25) is 4.68 Å². The number of methoxy groups -OCH3 is 1. The first-order valence-electron chi connectivity index (χ1n) is 5.98. The van der Waals surface area contributed by atoms with Crippen LogP contribution in [0.5, 0.6) is 5.75 Å². The third kappa shape index (κ3) is 2.60. The zero-order valence-electron chi connectivity index (χ0n) is 10.7. The third-order valence-corrected chi connectivity index (χ3v) is 4.05. The van der Waals surface area contributed by atoms with E-state index in [1.165, 1.54) is 0 Å². The molecule has 3 rings (SSSR count). The van der Waals surface area contributed by atoms with Gasteiger partial charge in [-0.2, -0.15) is 5.10 Å². The topological polar surface area (TPSA) is 39.9 Å².